The van der Waals surface area contributed by atoms with Gasteiger partial charge in [-0.1, -0.05) is 12.1 Å². The van der Waals surface area contributed by atoms with Gasteiger partial charge in [-0.2, -0.15) is 0 Å². The van der Waals surface area contributed by atoms with Gasteiger partial charge in [-0.05, 0) is 36.4 Å². The molecule has 0 amide bonds. The first-order valence-corrected chi connectivity index (χ1v) is 11.2. The normalized spacial score (nSPS) is 10.4. The van der Waals surface area contributed by atoms with E-state index in [9.17, 15) is 13.6 Å². The molecule has 3 N–H and O–H groups in total. The second-order valence-electron chi connectivity index (χ2n) is 7.99. The lowest BCUT2D eigenvalue weighted by Crippen LogP contribution is -2.08. The highest BCUT2D eigenvalue weighted by Crippen LogP contribution is 2.33. The Balaban J connectivity index is 0.000000245. The fourth-order valence-corrected chi connectivity index (χ4v) is 3.52. The molecule has 0 aliphatic carbocycles. The van der Waals surface area contributed by atoms with E-state index in [1.54, 1.807) is 25.2 Å². The van der Waals surface area contributed by atoms with Crippen molar-refractivity contribution in [1.82, 2.24) is 24.9 Å². The van der Waals surface area contributed by atoms with E-state index in [4.69, 9.17) is 0 Å². The van der Waals surface area contributed by atoms with Crippen molar-refractivity contribution >= 4 is 40.3 Å². The average molecular weight is 503 g/mol. The lowest BCUT2D eigenvalue weighted by Gasteiger charge is -2.14. The molecule has 9 nitrogen and oxygen atoms in total. The van der Waals surface area contributed by atoms with Crippen molar-refractivity contribution < 1.29 is 13.6 Å². The number of pyridine rings is 1. The summed E-state index contributed by atoms with van der Waals surface area (Å²) in [7, 11) is 5.45. The van der Waals surface area contributed by atoms with Gasteiger partial charge in [-0.15, -0.1) is 0 Å². The maximum absolute atomic E-state index is 14.5. The van der Waals surface area contributed by atoms with Gasteiger partial charge in [-0.25, -0.2) is 28.7 Å². The lowest BCUT2D eigenvalue weighted by atomic mass is 10.1. The minimum Gasteiger partial charge on any atom is -0.386 e. The summed E-state index contributed by atoms with van der Waals surface area (Å²) in [4.78, 5) is 31.9. The number of halogens is 2. The molecule has 3 aromatic heterocycles. The number of benzene rings is 2. The van der Waals surface area contributed by atoms with Crippen molar-refractivity contribution in [2.75, 3.05) is 36.7 Å². The number of aromatic nitrogens is 5. The largest absolute Gasteiger partial charge is 0.386 e. The molecule has 5 aromatic rings. The van der Waals surface area contributed by atoms with Gasteiger partial charge in [0.25, 0.3) is 0 Å². The summed E-state index contributed by atoms with van der Waals surface area (Å²) in [5, 5.41) is 5.42. The molecule has 0 aliphatic heterocycles. The number of imidazole rings is 1. The number of aldehydes is 1. The first kappa shape index (κ1) is 25.2. The smallest absolute Gasteiger partial charge is 0.181 e. The fourth-order valence-electron chi connectivity index (χ4n) is 3.52. The van der Waals surface area contributed by atoms with Crippen LogP contribution in [0.2, 0.25) is 0 Å². The number of carbonyl (C=O) groups is 1. The summed E-state index contributed by atoms with van der Waals surface area (Å²) in [5.41, 5.74) is 3.81. The van der Waals surface area contributed by atoms with Crippen LogP contribution in [0.4, 0.5) is 31.7 Å². The van der Waals surface area contributed by atoms with Crippen LogP contribution in [0, 0.1) is 11.6 Å². The van der Waals surface area contributed by atoms with E-state index in [2.05, 4.69) is 35.6 Å². The molecular formula is C26H24F2N8O. The first-order chi connectivity index (χ1) is 17.9. The number of anilines is 4. The zero-order valence-electron chi connectivity index (χ0n) is 20.3. The predicted octanol–water partition coefficient (Wildman–Crippen LogP) is 5.04. The van der Waals surface area contributed by atoms with Crippen LogP contribution in [0.3, 0.4) is 0 Å². The zero-order chi connectivity index (χ0) is 26.4. The van der Waals surface area contributed by atoms with Crippen LogP contribution in [0.5, 0.6) is 0 Å². The molecular weight excluding hydrogens is 478 g/mol. The quantitative estimate of drug-likeness (QED) is 0.277. The van der Waals surface area contributed by atoms with Gasteiger partial charge in [-0.3, -0.25) is 4.79 Å². The number of rotatable bonds is 6. The number of carbonyl (C=O) groups excluding carboxylic acids is 1. The Morgan fingerprint density at radius 1 is 1.00 bits per heavy atom. The van der Waals surface area contributed by atoms with Crippen LogP contribution in [0.1, 0.15) is 10.4 Å². The van der Waals surface area contributed by atoms with Crippen molar-refractivity contribution in [2.45, 2.75) is 0 Å². The summed E-state index contributed by atoms with van der Waals surface area (Å²) in [6.07, 6.45) is 5.25. The van der Waals surface area contributed by atoms with Gasteiger partial charge >= 0.3 is 0 Å². The highest BCUT2D eigenvalue weighted by molar-refractivity contribution is 5.91. The molecule has 0 bridgehead atoms. The Bertz CT molecular complexity index is 1540. The predicted molar refractivity (Wildman–Crippen MR) is 140 cm³/mol. The molecule has 0 radical (unpaired) electrons. The zero-order valence-corrected chi connectivity index (χ0v) is 20.3. The molecule has 188 valence electrons. The summed E-state index contributed by atoms with van der Waals surface area (Å²) in [6, 6.07) is 13.4. The van der Waals surface area contributed by atoms with Crippen molar-refractivity contribution in [2.24, 2.45) is 0 Å². The molecule has 37 heavy (non-hydrogen) atoms. The number of hydrogen-bond acceptors (Lipinski definition) is 8. The number of nitrogens with zero attached hydrogens (tertiary/aromatic N) is 5. The van der Waals surface area contributed by atoms with Crippen LogP contribution in [-0.4, -0.2) is 52.3 Å². The Morgan fingerprint density at radius 2 is 1.84 bits per heavy atom. The van der Waals surface area contributed by atoms with Crippen LogP contribution in [0.15, 0.2) is 67.4 Å². The molecule has 2 aromatic carbocycles. The number of nitrogens with one attached hydrogen (secondary N) is 3. The summed E-state index contributed by atoms with van der Waals surface area (Å²) >= 11 is 0. The van der Waals surface area contributed by atoms with Gasteiger partial charge in [0.1, 0.15) is 41.1 Å². The average Bonchev–Trinajstić information content (AvgIpc) is 3.41. The van der Waals surface area contributed by atoms with E-state index >= 15 is 0 Å². The summed E-state index contributed by atoms with van der Waals surface area (Å²) in [6.45, 7) is 0. The Morgan fingerprint density at radius 3 is 2.59 bits per heavy atom. The molecule has 0 unspecified atom stereocenters. The number of hydrogen-bond donors (Lipinski definition) is 3. The topological polar surface area (TPSA) is 112 Å². The Labute approximate surface area is 211 Å². The lowest BCUT2D eigenvalue weighted by molar-refractivity contribution is 0.112. The SMILES string of the molecule is CN(C)c1cccc(C=O)c1.CNc1ccc(F)c(Nc2ncccc2-c2ncnc3nc[nH]c23)c1F. The molecule has 0 saturated heterocycles. The Kier molecular flexibility index (Phi) is 7.62. The van der Waals surface area contributed by atoms with Crippen molar-refractivity contribution in [3.8, 4) is 11.3 Å². The van der Waals surface area contributed by atoms with Crippen LogP contribution < -0.4 is 15.5 Å². The molecule has 0 saturated carbocycles. The molecule has 5 rings (SSSR count). The first-order valence-electron chi connectivity index (χ1n) is 11.2. The third-order valence-electron chi connectivity index (χ3n) is 5.41. The van der Waals surface area contributed by atoms with E-state index in [0.717, 1.165) is 17.5 Å². The van der Waals surface area contributed by atoms with Crippen molar-refractivity contribution in [3.05, 3.63) is 84.6 Å². The second-order valence-corrected chi connectivity index (χ2v) is 7.99. The summed E-state index contributed by atoms with van der Waals surface area (Å²) in [5.74, 6) is -1.21. The fraction of sp³-hybridized carbons (Fsp3) is 0.115. The second kappa shape index (κ2) is 11.2. The van der Waals surface area contributed by atoms with Gasteiger partial charge in [0.2, 0.25) is 0 Å². The number of aromatic amines is 1. The van der Waals surface area contributed by atoms with Gasteiger partial charge in [0.15, 0.2) is 11.5 Å². The Hall–Kier alpha value is -4.93. The number of H-pyrrole nitrogens is 1. The van der Waals surface area contributed by atoms with Crippen LogP contribution in [-0.2, 0) is 0 Å². The third kappa shape index (κ3) is 5.50. The maximum atomic E-state index is 14.5. The molecule has 0 spiro atoms. The minimum absolute atomic E-state index is 0.171. The highest BCUT2D eigenvalue weighted by atomic mass is 19.1. The van der Waals surface area contributed by atoms with Gasteiger partial charge in [0.05, 0.1) is 12.0 Å². The molecule has 0 fully saturated rings. The highest BCUT2D eigenvalue weighted by Gasteiger charge is 2.18. The summed E-state index contributed by atoms with van der Waals surface area (Å²) < 4.78 is 28.7. The van der Waals surface area contributed by atoms with Crippen LogP contribution >= 0.6 is 0 Å². The standard InChI is InChI=1S/C17H13F2N7.C9H11NO/c1-20-11-5-4-10(18)14(12(11)19)26-16-9(3-2-6-21-16)13-15-17(24-7-22-13)25-8-23-15;1-10(2)9-5-3-4-8(6-9)7-11/h2-8,20H,1H3,(H,21,26)(H,22,23,24,25);3-7H,1-2H3. The maximum Gasteiger partial charge on any atom is 0.181 e. The molecule has 0 aliphatic rings. The van der Waals surface area contributed by atoms with E-state index < -0.39 is 11.6 Å². The van der Waals surface area contributed by atoms with E-state index in [1.165, 1.54) is 31.0 Å². The van der Waals surface area contributed by atoms with E-state index in [0.29, 0.717) is 22.4 Å². The minimum atomic E-state index is -0.738. The van der Waals surface area contributed by atoms with Gasteiger partial charge in [0, 0.05) is 44.2 Å². The van der Waals surface area contributed by atoms with Crippen molar-refractivity contribution in [3.63, 3.8) is 0 Å². The molecule has 0 atom stereocenters. The molecule has 3 heterocycles. The van der Waals surface area contributed by atoms with Crippen molar-refractivity contribution in [1.29, 1.82) is 0 Å². The monoisotopic (exact) mass is 502 g/mol. The van der Waals surface area contributed by atoms with Gasteiger partial charge < -0.3 is 20.5 Å². The third-order valence-corrected chi connectivity index (χ3v) is 5.41. The van der Waals surface area contributed by atoms with Crippen LogP contribution in [0.25, 0.3) is 22.4 Å². The van der Waals surface area contributed by atoms with E-state index in [1.807, 2.05) is 37.2 Å². The molecule has 11 heteroatoms. The number of fused-ring (bicyclic) bond motifs is 1. The van der Waals surface area contributed by atoms with E-state index in [-0.39, 0.29) is 17.2 Å².